The van der Waals surface area contributed by atoms with Gasteiger partial charge < -0.3 is 4.74 Å². The van der Waals surface area contributed by atoms with Crippen LogP contribution in [0.2, 0.25) is 10.0 Å². The first kappa shape index (κ1) is 25.9. The van der Waals surface area contributed by atoms with Crippen molar-refractivity contribution >= 4 is 46.0 Å². The molecular weight excluding hydrogens is 527 g/mol. The molecule has 1 saturated carbocycles. The minimum atomic E-state index is -0.567. The van der Waals surface area contributed by atoms with Gasteiger partial charge in [0.25, 0.3) is 5.56 Å². The fourth-order valence-corrected chi connectivity index (χ4v) is 5.19. The van der Waals surface area contributed by atoms with Gasteiger partial charge >= 0.3 is 5.69 Å². The molecule has 1 aliphatic carbocycles. The van der Waals surface area contributed by atoms with Gasteiger partial charge in [-0.3, -0.25) is 14.9 Å². The predicted octanol–water partition coefficient (Wildman–Crippen LogP) is 7.12. The van der Waals surface area contributed by atoms with Crippen molar-refractivity contribution in [2.45, 2.75) is 44.6 Å². The summed E-state index contributed by atoms with van der Waals surface area (Å²) in [6, 6.07) is 17.1. The van der Waals surface area contributed by atoms with Gasteiger partial charge in [0.05, 0.1) is 27.1 Å². The Balaban J connectivity index is 1.52. The molecule has 0 aliphatic heterocycles. The zero-order valence-corrected chi connectivity index (χ0v) is 21.9. The third-order valence-corrected chi connectivity index (χ3v) is 7.29. The van der Waals surface area contributed by atoms with Crippen molar-refractivity contribution in [2.24, 2.45) is 5.10 Å². The Hall–Kier alpha value is -3.75. The van der Waals surface area contributed by atoms with Crippen molar-refractivity contribution in [3.63, 3.8) is 0 Å². The number of hydrogen-bond acceptors (Lipinski definition) is 6. The molecule has 5 rings (SSSR count). The molecule has 1 aliphatic rings. The second kappa shape index (κ2) is 11.3. The molecule has 0 saturated heterocycles. The maximum atomic E-state index is 13.4. The van der Waals surface area contributed by atoms with Crippen LogP contribution in [0.1, 0.15) is 55.0 Å². The van der Waals surface area contributed by atoms with Crippen LogP contribution < -0.4 is 10.3 Å². The number of nitro benzene ring substituents is 1. The summed E-state index contributed by atoms with van der Waals surface area (Å²) in [5.74, 6) is 0.642. The van der Waals surface area contributed by atoms with Crippen LogP contribution in [0.5, 0.6) is 5.75 Å². The molecule has 0 bridgehead atoms. The second-order valence-corrected chi connectivity index (χ2v) is 9.99. The van der Waals surface area contributed by atoms with E-state index in [1.54, 1.807) is 36.4 Å². The Morgan fingerprint density at radius 2 is 1.79 bits per heavy atom. The summed E-state index contributed by atoms with van der Waals surface area (Å²) in [5, 5.41) is 17.3. The van der Waals surface area contributed by atoms with Gasteiger partial charge in [0.1, 0.15) is 12.4 Å². The van der Waals surface area contributed by atoms with Crippen LogP contribution in [0.3, 0.4) is 0 Å². The van der Waals surface area contributed by atoms with Crippen molar-refractivity contribution in [2.75, 3.05) is 0 Å². The third kappa shape index (κ3) is 5.42. The van der Waals surface area contributed by atoms with E-state index in [0.29, 0.717) is 32.9 Å². The summed E-state index contributed by atoms with van der Waals surface area (Å²) in [7, 11) is 0. The predicted molar refractivity (Wildman–Crippen MR) is 149 cm³/mol. The molecule has 1 aromatic heterocycles. The van der Waals surface area contributed by atoms with E-state index in [-0.39, 0.29) is 34.5 Å². The SMILES string of the molecule is O=c1c2ccccc2nc(C2CCCCC2)n1N=Cc1cc(Cl)c(OCc2ccccc2Cl)c([N+](=O)[O-])c1. The van der Waals surface area contributed by atoms with Crippen LogP contribution in [-0.4, -0.2) is 20.8 Å². The number of para-hydroxylation sites is 1. The van der Waals surface area contributed by atoms with Gasteiger partial charge in [0.15, 0.2) is 0 Å². The fraction of sp³-hybridized carbons (Fsp3) is 0.250. The molecule has 194 valence electrons. The number of benzene rings is 3. The highest BCUT2D eigenvalue weighted by Gasteiger charge is 2.23. The summed E-state index contributed by atoms with van der Waals surface area (Å²) in [4.78, 5) is 29.5. The Bertz CT molecular complexity index is 1600. The number of nitro groups is 1. The lowest BCUT2D eigenvalue weighted by atomic mass is 9.88. The molecule has 0 atom stereocenters. The number of aromatic nitrogens is 2. The molecule has 0 amide bonds. The van der Waals surface area contributed by atoms with Crippen LogP contribution in [0.4, 0.5) is 5.69 Å². The quantitative estimate of drug-likeness (QED) is 0.138. The molecule has 10 heteroatoms. The summed E-state index contributed by atoms with van der Waals surface area (Å²) in [6.45, 7) is 0.0105. The highest BCUT2D eigenvalue weighted by atomic mass is 35.5. The first-order chi connectivity index (χ1) is 18.4. The summed E-state index contributed by atoms with van der Waals surface area (Å²) in [6.07, 6.45) is 6.53. The van der Waals surface area contributed by atoms with E-state index in [9.17, 15) is 14.9 Å². The minimum absolute atomic E-state index is 0.0105. The van der Waals surface area contributed by atoms with Crippen molar-refractivity contribution < 1.29 is 9.66 Å². The van der Waals surface area contributed by atoms with E-state index in [2.05, 4.69) is 5.10 Å². The number of rotatable bonds is 7. The van der Waals surface area contributed by atoms with E-state index >= 15 is 0 Å². The third-order valence-electron chi connectivity index (χ3n) is 6.64. The van der Waals surface area contributed by atoms with Gasteiger partial charge in [-0.05, 0) is 37.1 Å². The Kier molecular flexibility index (Phi) is 7.72. The second-order valence-electron chi connectivity index (χ2n) is 9.17. The van der Waals surface area contributed by atoms with E-state index in [4.69, 9.17) is 32.9 Å². The van der Waals surface area contributed by atoms with Crippen molar-refractivity contribution in [1.82, 2.24) is 9.66 Å². The molecule has 1 heterocycles. The van der Waals surface area contributed by atoms with E-state index in [1.165, 1.54) is 23.0 Å². The molecule has 0 radical (unpaired) electrons. The Morgan fingerprint density at radius 1 is 1.05 bits per heavy atom. The van der Waals surface area contributed by atoms with Gasteiger partial charge in [-0.2, -0.15) is 9.78 Å². The maximum absolute atomic E-state index is 13.4. The minimum Gasteiger partial charge on any atom is -0.481 e. The van der Waals surface area contributed by atoms with Crippen LogP contribution in [0.25, 0.3) is 10.9 Å². The van der Waals surface area contributed by atoms with Crippen LogP contribution in [0, 0.1) is 10.1 Å². The molecule has 38 heavy (non-hydrogen) atoms. The van der Waals surface area contributed by atoms with Crippen LogP contribution in [0.15, 0.2) is 70.6 Å². The van der Waals surface area contributed by atoms with Crippen LogP contribution >= 0.6 is 23.2 Å². The maximum Gasteiger partial charge on any atom is 0.313 e. The number of fused-ring (bicyclic) bond motifs is 1. The topological polar surface area (TPSA) is 99.6 Å². The van der Waals surface area contributed by atoms with Crippen molar-refractivity contribution in [3.05, 3.63) is 108 Å². The summed E-state index contributed by atoms with van der Waals surface area (Å²) < 4.78 is 7.03. The Morgan fingerprint density at radius 3 is 2.55 bits per heavy atom. The van der Waals surface area contributed by atoms with Crippen LogP contribution in [-0.2, 0) is 6.61 Å². The molecular formula is C28H24Cl2N4O4. The number of nitrogens with zero attached hydrogens (tertiary/aromatic N) is 4. The van der Waals surface area contributed by atoms with Gasteiger partial charge in [-0.25, -0.2) is 4.98 Å². The standard InChI is InChI=1S/C28H24Cl2N4O4/c29-22-12-6-4-10-20(22)17-38-26-23(30)14-18(15-25(26)34(36)37)16-31-33-27(19-8-2-1-3-9-19)32-24-13-7-5-11-21(24)28(33)35/h4-7,10-16,19H,1-3,8-9,17H2. The van der Waals surface area contributed by atoms with Gasteiger partial charge in [-0.15, -0.1) is 0 Å². The van der Waals surface area contributed by atoms with Gasteiger partial charge in [0, 0.05) is 28.1 Å². The molecule has 0 spiro atoms. The van der Waals surface area contributed by atoms with Crippen molar-refractivity contribution in [1.29, 1.82) is 0 Å². The largest absolute Gasteiger partial charge is 0.481 e. The Labute approximate surface area is 228 Å². The number of ether oxygens (including phenoxy) is 1. The molecule has 0 N–H and O–H groups in total. The number of halogens is 2. The smallest absolute Gasteiger partial charge is 0.313 e. The van der Waals surface area contributed by atoms with E-state index < -0.39 is 4.92 Å². The molecule has 8 nitrogen and oxygen atoms in total. The van der Waals surface area contributed by atoms with Gasteiger partial charge in [0.2, 0.25) is 5.75 Å². The summed E-state index contributed by atoms with van der Waals surface area (Å²) in [5.41, 5.74) is 1.04. The highest BCUT2D eigenvalue weighted by molar-refractivity contribution is 6.32. The molecule has 0 unspecified atom stereocenters. The molecule has 1 fully saturated rings. The highest BCUT2D eigenvalue weighted by Crippen LogP contribution is 2.37. The van der Waals surface area contributed by atoms with Crippen molar-refractivity contribution in [3.8, 4) is 5.75 Å². The normalized spacial score (nSPS) is 14.3. The fourth-order valence-electron chi connectivity index (χ4n) is 4.72. The molecule has 3 aromatic carbocycles. The first-order valence-corrected chi connectivity index (χ1v) is 13.1. The zero-order valence-electron chi connectivity index (χ0n) is 20.3. The average Bonchev–Trinajstić information content (AvgIpc) is 2.93. The number of hydrogen-bond donors (Lipinski definition) is 0. The average molecular weight is 551 g/mol. The first-order valence-electron chi connectivity index (χ1n) is 12.3. The monoisotopic (exact) mass is 550 g/mol. The lowest BCUT2D eigenvalue weighted by Crippen LogP contribution is -2.25. The lowest BCUT2D eigenvalue weighted by Gasteiger charge is -2.22. The lowest BCUT2D eigenvalue weighted by molar-refractivity contribution is -0.385. The molecule has 4 aromatic rings. The zero-order chi connectivity index (χ0) is 26.6. The van der Waals surface area contributed by atoms with Gasteiger partial charge in [-0.1, -0.05) is 72.8 Å². The summed E-state index contributed by atoms with van der Waals surface area (Å²) >= 11 is 12.6. The van der Waals surface area contributed by atoms with E-state index in [1.807, 2.05) is 12.1 Å². The van der Waals surface area contributed by atoms with E-state index in [0.717, 1.165) is 32.1 Å².